The van der Waals surface area contributed by atoms with Gasteiger partial charge in [0.2, 0.25) is 5.91 Å². The van der Waals surface area contributed by atoms with Crippen LogP contribution in [0.5, 0.6) is 0 Å². The third-order valence-corrected chi connectivity index (χ3v) is 4.79. The van der Waals surface area contributed by atoms with Gasteiger partial charge in [0.05, 0.1) is 6.20 Å². The van der Waals surface area contributed by atoms with Crippen molar-refractivity contribution in [2.75, 3.05) is 13.3 Å². The van der Waals surface area contributed by atoms with E-state index < -0.39 is 20.5 Å². The highest BCUT2D eigenvalue weighted by molar-refractivity contribution is 7.92. The highest BCUT2D eigenvalue weighted by Gasteiger charge is 2.40. The highest BCUT2D eigenvalue weighted by Crippen LogP contribution is 2.18. The smallest absolute Gasteiger partial charge is 0.243 e. The molecule has 17 heavy (non-hydrogen) atoms. The number of rotatable bonds is 4. The molecule has 0 aliphatic heterocycles. The van der Waals surface area contributed by atoms with Crippen LogP contribution in [0.15, 0.2) is 12.4 Å². The Morgan fingerprint density at radius 1 is 1.53 bits per heavy atom. The molecule has 0 aliphatic carbocycles. The Morgan fingerprint density at radius 3 is 2.53 bits per heavy atom. The van der Waals surface area contributed by atoms with E-state index in [4.69, 9.17) is 0 Å². The summed E-state index contributed by atoms with van der Waals surface area (Å²) in [5.74, 6) is -0.429. The number of carbonyl (C=O) groups is 1. The van der Waals surface area contributed by atoms with Crippen LogP contribution in [0.1, 0.15) is 19.4 Å². The monoisotopic (exact) mass is 259 g/mol. The number of nitrogens with zero attached hydrogens (tertiary/aromatic N) is 2. The number of nitrogens with one attached hydrogen (secondary N) is 1. The van der Waals surface area contributed by atoms with Crippen molar-refractivity contribution in [1.29, 1.82) is 0 Å². The lowest BCUT2D eigenvalue weighted by atomic mass is 10.1. The molecule has 0 bridgehead atoms. The summed E-state index contributed by atoms with van der Waals surface area (Å²) in [5, 5.41) is 6.40. The zero-order valence-electron chi connectivity index (χ0n) is 10.4. The zero-order valence-corrected chi connectivity index (χ0v) is 11.2. The third-order valence-electron chi connectivity index (χ3n) is 2.76. The summed E-state index contributed by atoms with van der Waals surface area (Å²) in [5.41, 5.74) is 0.824. The number of amides is 1. The largest absolute Gasteiger partial charge is 0.340 e. The van der Waals surface area contributed by atoms with Crippen molar-refractivity contribution >= 4 is 15.7 Å². The summed E-state index contributed by atoms with van der Waals surface area (Å²) in [7, 11) is -1.87. The van der Waals surface area contributed by atoms with Crippen LogP contribution in [0.4, 0.5) is 0 Å². The predicted octanol–water partition coefficient (Wildman–Crippen LogP) is 0.191. The van der Waals surface area contributed by atoms with E-state index in [-0.39, 0.29) is 0 Å². The maximum absolute atomic E-state index is 12.1. The topological polar surface area (TPSA) is 83.1 Å². The fourth-order valence-electron chi connectivity index (χ4n) is 1.33. The normalized spacial score (nSPS) is 12.5. The lowest BCUT2D eigenvalue weighted by Crippen LogP contribution is -2.47. The molecule has 1 aromatic rings. The first-order valence-corrected chi connectivity index (χ1v) is 6.98. The molecule has 7 heteroatoms. The van der Waals surface area contributed by atoms with Crippen molar-refractivity contribution in [3.05, 3.63) is 18.0 Å². The van der Waals surface area contributed by atoms with Gasteiger partial charge in [0.25, 0.3) is 0 Å². The van der Waals surface area contributed by atoms with Crippen LogP contribution in [0.2, 0.25) is 0 Å². The summed E-state index contributed by atoms with van der Waals surface area (Å²) < 4.78 is 21.7. The molecule has 1 rings (SSSR count). The maximum Gasteiger partial charge on any atom is 0.243 e. The van der Waals surface area contributed by atoms with Crippen LogP contribution < -0.4 is 0 Å². The standard InChI is InChI=1S/C10H17N3O3S/c1-10(2,17(4,15)16)9(14)13(3)7-8-5-11-12-6-8/h5-6H,7H2,1-4H3,(H,11,12). The molecule has 1 heterocycles. The van der Waals surface area contributed by atoms with Gasteiger partial charge in [-0.1, -0.05) is 0 Å². The molecule has 0 saturated carbocycles. The number of aromatic nitrogens is 2. The second kappa shape index (κ2) is 4.48. The summed E-state index contributed by atoms with van der Waals surface area (Å²) in [6.07, 6.45) is 4.32. The van der Waals surface area contributed by atoms with Crippen LogP contribution in [0.3, 0.4) is 0 Å². The van der Waals surface area contributed by atoms with E-state index >= 15 is 0 Å². The Hall–Kier alpha value is -1.37. The third kappa shape index (κ3) is 2.85. The molecule has 1 N–H and O–H groups in total. The van der Waals surface area contributed by atoms with E-state index in [9.17, 15) is 13.2 Å². The Morgan fingerprint density at radius 2 is 2.12 bits per heavy atom. The molecule has 0 fully saturated rings. The minimum absolute atomic E-state index is 0.328. The van der Waals surface area contributed by atoms with Crippen LogP contribution in [0.25, 0.3) is 0 Å². The van der Waals surface area contributed by atoms with Gasteiger partial charge in [-0.05, 0) is 13.8 Å². The molecule has 0 unspecified atom stereocenters. The van der Waals surface area contributed by atoms with Gasteiger partial charge < -0.3 is 4.90 Å². The maximum atomic E-state index is 12.1. The summed E-state index contributed by atoms with van der Waals surface area (Å²) in [6.45, 7) is 3.15. The Balaban J connectivity index is 2.84. The lowest BCUT2D eigenvalue weighted by molar-refractivity contribution is -0.132. The number of carbonyl (C=O) groups excluding carboxylic acids is 1. The molecule has 6 nitrogen and oxygen atoms in total. The second-order valence-corrected chi connectivity index (χ2v) is 7.12. The molecule has 1 aromatic heterocycles. The molecule has 0 atom stereocenters. The van der Waals surface area contributed by atoms with Gasteiger partial charge >= 0.3 is 0 Å². The average molecular weight is 259 g/mol. The van der Waals surface area contributed by atoms with Gasteiger partial charge in [-0.2, -0.15) is 5.10 Å². The van der Waals surface area contributed by atoms with Gasteiger partial charge in [0, 0.05) is 31.6 Å². The Kier molecular flexibility index (Phi) is 3.61. The molecule has 0 radical (unpaired) electrons. The van der Waals surface area contributed by atoms with Gasteiger partial charge in [-0.15, -0.1) is 0 Å². The van der Waals surface area contributed by atoms with Gasteiger partial charge in [0.15, 0.2) is 9.84 Å². The first-order valence-electron chi connectivity index (χ1n) is 5.09. The van der Waals surface area contributed by atoms with Gasteiger partial charge in [0.1, 0.15) is 4.75 Å². The fourth-order valence-corrected chi connectivity index (χ4v) is 1.80. The summed E-state index contributed by atoms with van der Waals surface area (Å²) in [6, 6.07) is 0. The zero-order chi connectivity index (χ0) is 13.3. The molecular weight excluding hydrogens is 242 g/mol. The Bertz CT molecular complexity index is 491. The van der Waals surface area contributed by atoms with Crippen molar-refractivity contribution in [3.63, 3.8) is 0 Å². The minimum atomic E-state index is -3.44. The van der Waals surface area contributed by atoms with E-state index in [2.05, 4.69) is 10.2 Å². The van der Waals surface area contributed by atoms with Crippen molar-refractivity contribution in [1.82, 2.24) is 15.1 Å². The molecule has 96 valence electrons. The van der Waals surface area contributed by atoms with E-state index in [1.54, 1.807) is 19.4 Å². The van der Waals surface area contributed by atoms with E-state index in [0.29, 0.717) is 6.54 Å². The van der Waals surface area contributed by atoms with Gasteiger partial charge in [-0.3, -0.25) is 9.89 Å². The summed E-state index contributed by atoms with van der Waals surface area (Å²) >= 11 is 0. The van der Waals surface area contributed by atoms with Crippen LogP contribution in [-0.4, -0.2) is 47.5 Å². The number of hydrogen-bond donors (Lipinski definition) is 1. The predicted molar refractivity (Wildman–Crippen MR) is 64.0 cm³/mol. The van der Waals surface area contributed by atoms with Crippen LogP contribution in [-0.2, 0) is 21.2 Å². The van der Waals surface area contributed by atoms with E-state index in [0.717, 1.165) is 11.8 Å². The van der Waals surface area contributed by atoms with E-state index in [1.807, 2.05) is 0 Å². The average Bonchev–Trinajstić information content (AvgIpc) is 2.67. The quantitative estimate of drug-likeness (QED) is 0.836. The van der Waals surface area contributed by atoms with Crippen molar-refractivity contribution in [3.8, 4) is 0 Å². The molecule has 0 aromatic carbocycles. The summed E-state index contributed by atoms with van der Waals surface area (Å²) in [4.78, 5) is 13.4. The number of aromatic amines is 1. The minimum Gasteiger partial charge on any atom is -0.340 e. The molecule has 0 aliphatic rings. The first kappa shape index (κ1) is 13.7. The molecule has 0 spiro atoms. The SMILES string of the molecule is CN(Cc1cn[nH]c1)C(=O)C(C)(C)S(C)(=O)=O. The number of H-pyrrole nitrogens is 1. The second-order valence-electron chi connectivity index (χ2n) is 4.55. The van der Waals surface area contributed by atoms with Crippen molar-refractivity contribution in [2.45, 2.75) is 25.1 Å². The van der Waals surface area contributed by atoms with Gasteiger partial charge in [-0.25, -0.2) is 8.42 Å². The number of sulfone groups is 1. The fraction of sp³-hybridized carbons (Fsp3) is 0.600. The van der Waals surface area contributed by atoms with Crippen molar-refractivity contribution in [2.24, 2.45) is 0 Å². The highest BCUT2D eigenvalue weighted by atomic mass is 32.2. The Labute approximate surface area is 101 Å². The number of hydrogen-bond acceptors (Lipinski definition) is 4. The van der Waals surface area contributed by atoms with E-state index in [1.165, 1.54) is 18.7 Å². The molecular formula is C10H17N3O3S. The lowest BCUT2D eigenvalue weighted by Gasteiger charge is -2.27. The first-order chi connectivity index (χ1) is 7.66. The molecule has 1 amide bonds. The molecule has 0 saturated heterocycles. The van der Waals surface area contributed by atoms with Crippen molar-refractivity contribution < 1.29 is 13.2 Å². The van der Waals surface area contributed by atoms with Crippen LogP contribution in [0, 0.1) is 0 Å². The van der Waals surface area contributed by atoms with Crippen LogP contribution >= 0.6 is 0 Å².